The molecule has 5 heteroatoms. The van der Waals surface area contributed by atoms with Gasteiger partial charge in [-0.2, -0.15) is 10.2 Å². The molecule has 2 rings (SSSR count). The number of aromatic nitrogens is 1. The average molecular weight is 274 g/mol. The normalized spacial score (nSPS) is 17.6. The van der Waals surface area contributed by atoms with E-state index < -0.39 is 0 Å². The number of nitrogens with zero attached hydrogens (tertiary/aromatic N) is 4. The molecule has 1 aromatic rings. The molecule has 1 unspecified atom stereocenters. The number of hydrogen-bond donors (Lipinski definition) is 0. The lowest BCUT2D eigenvalue weighted by Gasteiger charge is -2.37. The maximum atomic E-state index is 9.12. The van der Waals surface area contributed by atoms with Gasteiger partial charge in [-0.15, -0.1) is 0 Å². The third-order valence-corrected chi connectivity index (χ3v) is 3.62. The average Bonchev–Trinajstić information content (AvgIpc) is 2.50. The summed E-state index contributed by atoms with van der Waals surface area (Å²) in [7, 11) is 0. The van der Waals surface area contributed by atoms with Crippen LogP contribution in [0.4, 0.5) is 5.82 Å². The molecule has 1 aliphatic heterocycles. The van der Waals surface area contributed by atoms with Crippen LogP contribution in [0.15, 0.2) is 18.2 Å². The maximum absolute atomic E-state index is 9.12. The molecule has 1 fully saturated rings. The van der Waals surface area contributed by atoms with Crippen molar-refractivity contribution in [2.24, 2.45) is 0 Å². The molecule has 1 aromatic heterocycles. The number of anilines is 1. The van der Waals surface area contributed by atoms with Gasteiger partial charge >= 0.3 is 0 Å². The topological polar surface area (TPSA) is 52.4 Å². The monoisotopic (exact) mass is 274 g/mol. The first-order chi connectivity index (χ1) is 9.78. The molecule has 1 atom stereocenters. The van der Waals surface area contributed by atoms with Gasteiger partial charge in [-0.1, -0.05) is 13.0 Å². The molecule has 0 aromatic carbocycles. The summed E-state index contributed by atoms with van der Waals surface area (Å²) in [6.07, 6.45) is 0.884. The van der Waals surface area contributed by atoms with Crippen molar-refractivity contribution in [2.75, 3.05) is 37.7 Å². The van der Waals surface area contributed by atoms with Crippen LogP contribution < -0.4 is 9.64 Å². The molecule has 0 saturated carbocycles. The molecule has 2 heterocycles. The van der Waals surface area contributed by atoms with Gasteiger partial charge in [0.1, 0.15) is 5.82 Å². The molecule has 1 saturated heterocycles. The third kappa shape index (κ3) is 3.40. The van der Waals surface area contributed by atoms with Gasteiger partial charge in [0, 0.05) is 32.2 Å². The molecular formula is C15H22N4O. The number of piperazine rings is 1. The molecule has 0 radical (unpaired) electrons. The fourth-order valence-electron chi connectivity index (χ4n) is 2.50. The maximum Gasteiger partial charge on any atom is 0.215 e. The van der Waals surface area contributed by atoms with Crippen molar-refractivity contribution in [1.29, 1.82) is 5.26 Å². The second kappa shape index (κ2) is 7.11. The molecule has 0 bridgehead atoms. The lowest BCUT2D eigenvalue weighted by atomic mass is 10.2. The van der Waals surface area contributed by atoms with Crippen LogP contribution >= 0.6 is 0 Å². The minimum Gasteiger partial charge on any atom is -0.478 e. The van der Waals surface area contributed by atoms with Crippen molar-refractivity contribution in [3.63, 3.8) is 0 Å². The van der Waals surface area contributed by atoms with Crippen molar-refractivity contribution in [3.05, 3.63) is 18.2 Å². The Balaban J connectivity index is 1.97. The SMILES string of the molecule is CCOc1cccc(N2CCN(C(C#N)CC)CC2)n1. The van der Waals surface area contributed by atoms with E-state index in [1.807, 2.05) is 25.1 Å². The quantitative estimate of drug-likeness (QED) is 0.821. The Labute approximate surface area is 120 Å². The Kier molecular flexibility index (Phi) is 5.19. The third-order valence-electron chi connectivity index (χ3n) is 3.62. The van der Waals surface area contributed by atoms with E-state index in [0.717, 1.165) is 38.4 Å². The molecular weight excluding hydrogens is 252 g/mol. The number of pyridine rings is 1. The number of ether oxygens (including phenoxy) is 1. The summed E-state index contributed by atoms with van der Waals surface area (Å²) in [5, 5.41) is 9.12. The van der Waals surface area contributed by atoms with E-state index in [0.29, 0.717) is 12.5 Å². The van der Waals surface area contributed by atoms with Crippen molar-refractivity contribution in [1.82, 2.24) is 9.88 Å². The van der Waals surface area contributed by atoms with E-state index in [-0.39, 0.29) is 6.04 Å². The minimum atomic E-state index is 0.0415. The Hall–Kier alpha value is -1.80. The zero-order valence-corrected chi connectivity index (χ0v) is 12.2. The molecule has 108 valence electrons. The van der Waals surface area contributed by atoms with Crippen molar-refractivity contribution in [2.45, 2.75) is 26.3 Å². The lowest BCUT2D eigenvalue weighted by Crippen LogP contribution is -2.50. The second-order valence-corrected chi connectivity index (χ2v) is 4.84. The molecule has 1 aliphatic rings. The largest absolute Gasteiger partial charge is 0.478 e. The van der Waals surface area contributed by atoms with Gasteiger partial charge in [-0.3, -0.25) is 4.90 Å². The van der Waals surface area contributed by atoms with Crippen LogP contribution in [0.25, 0.3) is 0 Å². The summed E-state index contributed by atoms with van der Waals surface area (Å²) in [6, 6.07) is 8.29. The highest BCUT2D eigenvalue weighted by molar-refractivity contribution is 5.41. The van der Waals surface area contributed by atoms with E-state index in [4.69, 9.17) is 10.00 Å². The molecule has 20 heavy (non-hydrogen) atoms. The fourth-order valence-corrected chi connectivity index (χ4v) is 2.50. The van der Waals surface area contributed by atoms with Gasteiger partial charge in [0.05, 0.1) is 18.7 Å². The summed E-state index contributed by atoms with van der Waals surface area (Å²) in [5.41, 5.74) is 0. The number of hydrogen-bond acceptors (Lipinski definition) is 5. The predicted molar refractivity (Wildman–Crippen MR) is 78.9 cm³/mol. The Morgan fingerprint density at radius 1 is 1.30 bits per heavy atom. The summed E-state index contributed by atoms with van der Waals surface area (Å²) < 4.78 is 5.44. The van der Waals surface area contributed by atoms with Crippen LogP contribution in [0.1, 0.15) is 20.3 Å². The van der Waals surface area contributed by atoms with E-state index in [2.05, 4.69) is 27.8 Å². The van der Waals surface area contributed by atoms with E-state index in [1.165, 1.54) is 0 Å². The van der Waals surface area contributed by atoms with Gasteiger partial charge < -0.3 is 9.64 Å². The lowest BCUT2D eigenvalue weighted by molar-refractivity contribution is 0.215. The molecule has 0 amide bonds. The van der Waals surface area contributed by atoms with Crippen LogP contribution in [0.5, 0.6) is 5.88 Å². The molecule has 0 aliphatic carbocycles. The summed E-state index contributed by atoms with van der Waals surface area (Å²) in [5.74, 6) is 1.64. The van der Waals surface area contributed by atoms with Crippen LogP contribution in [0, 0.1) is 11.3 Å². The highest BCUT2D eigenvalue weighted by Gasteiger charge is 2.23. The predicted octanol–water partition coefficient (Wildman–Crippen LogP) is 1.90. The van der Waals surface area contributed by atoms with Crippen molar-refractivity contribution in [3.8, 4) is 11.9 Å². The summed E-state index contributed by atoms with van der Waals surface area (Å²) in [4.78, 5) is 9.02. The van der Waals surface area contributed by atoms with Crippen molar-refractivity contribution < 1.29 is 4.74 Å². The molecule has 5 nitrogen and oxygen atoms in total. The highest BCUT2D eigenvalue weighted by atomic mass is 16.5. The molecule has 0 N–H and O–H groups in total. The first-order valence-electron chi connectivity index (χ1n) is 7.27. The minimum absolute atomic E-state index is 0.0415. The summed E-state index contributed by atoms with van der Waals surface area (Å²) >= 11 is 0. The van der Waals surface area contributed by atoms with E-state index >= 15 is 0 Å². The van der Waals surface area contributed by atoms with Crippen LogP contribution in [0.2, 0.25) is 0 Å². The van der Waals surface area contributed by atoms with Gasteiger partial charge in [-0.25, -0.2) is 0 Å². The summed E-state index contributed by atoms with van der Waals surface area (Å²) in [6.45, 7) is 8.28. The Morgan fingerprint density at radius 3 is 2.65 bits per heavy atom. The number of nitriles is 1. The van der Waals surface area contributed by atoms with Crippen LogP contribution in [-0.2, 0) is 0 Å². The zero-order valence-electron chi connectivity index (χ0n) is 12.2. The van der Waals surface area contributed by atoms with Gasteiger partial charge in [-0.05, 0) is 19.4 Å². The van der Waals surface area contributed by atoms with E-state index in [9.17, 15) is 0 Å². The van der Waals surface area contributed by atoms with Crippen LogP contribution in [0.3, 0.4) is 0 Å². The highest BCUT2D eigenvalue weighted by Crippen LogP contribution is 2.18. The second-order valence-electron chi connectivity index (χ2n) is 4.84. The van der Waals surface area contributed by atoms with Gasteiger partial charge in [0.2, 0.25) is 5.88 Å². The van der Waals surface area contributed by atoms with Gasteiger partial charge in [0.25, 0.3) is 0 Å². The fraction of sp³-hybridized carbons (Fsp3) is 0.600. The smallest absolute Gasteiger partial charge is 0.215 e. The van der Waals surface area contributed by atoms with Crippen molar-refractivity contribution >= 4 is 5.82 Å². The van der Waals surface area contributed by atoms with E-state index in [1.54, 1.807) is 0 Å². The Morgan fingerprint density at radius 2 is 2.05 bits per heavy atom. The first-order valence-corrected chi connectivity index (χ1v) is 7.27. The number of rotatable bonds is 5. The van der Waals surface area contributed by atoms with Gasteiger partial charge in [0.15, 0.2) is 0 Å². The standard InChI is InChI=1S/C15H22N4O/c1-3-13(12-16)18-8-10-19(11-9-18)14-6-5-7-15(17-14)20-4-2/h5-7,13H,3-4,8-11H2,1-2H3. The first kappa shape index (κ1) is 14.6. The zero-order chi connectivity index (χ0) is 14.4. The van der Waals surface area contributed by atoms with Crippen LogP contribution in [-0.4, -0.2) is 48.7 Å². The molecule has 0 spiro atoms. The Bertz CT molecular complexity index is 463.